The molecule has 0 radical (unpaired) electrons. The van der Waals surface area contributed by atoms with Gasteiger partial charge in [0.1, 0.15) is 4.24 Å². The summed E-state index contributed by atoms with van der Waals surface area (Å²) in [7, 11) is 0. The SMILES string of the molecule is CSC(=C[N+](=O)[O-])SC.[Cl-]. The lowest BCUT2D eigenvalue weighted by Crippen LogP contribution is -3.00. The van der Waals surface area contributed by atoms with Crippen molar-refractivity contribution < 1.29 is 17.3 Å². The van der Waals surface area contributed by atoms with E-state index in [1.165, 1.54) is 23.5 Å². The first-order chi connectivity index (χ1) is 4.20. The molecule has 0 saturated carbocycles. The fourth-order valence-electron chi connectivity index (χ4n) is 0.275. The van der Waals surface area contributed by atoms with Crippen molar-refractivity contribution in [3.8, 4) is 0 Å². The second-order valence-corrected chi connectivity index (χ2v) is 3.10. The Morgan fingerprint density at radius 1 is 1.50 bits per heavy atom. The van der Waals surface area contributed by atoms with Gasteiger partial charge in [0.05, 0.1) is 4.92 Å². The summed E-state index contributed by atoms with van der Waals surface area (Å²) in [5, 5.41) is 9.83. The van der Waals surface area contributed by atoms with E-state index in [9.17, 15) is 10.1 Å². The predicted octanol–water partition coefficient (Wildman–Crippen LogP) is -1.21. The van der Waals surface area contributed by atoms with Crippen molar-refractivity contribution in [2.75, 3.05) is 12.5 Å². The molecule has 3 nitrogen and oxygen atoms in total. The number of halogens is 1. The van der Waals surface area contributed by atoms with Crippen LogP contribution in [0.3, 0.4) is 0 Å². The largest absolute Gasteiger partial charge is 1.00 e. The summed E-state index contributed by atoms with van der Waals surface area (Å²) in [5.41, 5.74) is 0. The number of thioether (sulfide) groups is 2. The highest BCUT2D eigenvalue weighted by Gasteiger charge is 1.96. The van der Waals surface area contributed by atoms with Crippen LogP contribution in [0.1, 0.15) is 0 Å². The van der Waals surface area contributed by atoms with Crippen LogP contribution in [0.25, 0.3) is 0 Å². The minimum atomic E-state index is -0.442. The number of hydrogen-bond acceptors (Lipinski definition) is 4. The highest BCUT2D eigenvalue weighted by molar-refractivity contribution is 8.21. The van der Waals surface area contributed by atoms with Gasteiger partial charge in [-0.15, -0.1) is 23.5 Å². The monoisotopic (exact) mass is 200 g/mol. The summed E-state index contributed by atoms with van der Waals surface area (Å²) in [4.78, 5) is 9.39. The molecule has 0 bridgehead atoms. The first-order valence-corrected chi connectivity index (χ1v) is 4.59. The maximum absolute atomic E-state index is 9.83. The number of nitrogens with zero attached hydrogens (tertiary/aromatic N) is 1. The molecule has 0 saturated heterocycles. The van der Waals surface area contributed by atoms with Gasteiger partial charge in [0.15, 0.2) is 0 Å². The molecule has 0 aromatic rings. The smallest absolute Gasteiger partial charge is 0.254 e. The molecule has 0 aromatic carbocycles. The molecule has 0 rings (SSSR count). The van der Waals surface area contributed by atoms with Gasteiger partial charge in [-0.05, 0) is 12.5 Å². The Bertz CT molecular complexity index is 133. The summed E-state index contributed by atoms with van der Waals surface area (Å²) in [6, 6.07) is 0. The fourth-order valence-corrected chi connectivity index (χ4v) is 1.32. The highest BCUT2D eigenvalue weighted by atomic mass is 35.5. The van der Waals surface area contributed by atoms with Gasteiger partial charge in [-0.2, -0.15) is 0 Å². The fraction of sp³-hybridized carbons (Fsp3) is 0.500. The maximum Gasteiger partial charge on any atom is 0.254 e. The van der Waals surface area contributed by atoms with Gasteiger partial charge >= 0.3 is 0 Å². The lowest BCUT2D eigenvalue weighted by atomic mass is 11.1. The normalized spacial score (nSPS) is 7.80. The molecular formula is C4H7ClNO2S2-. The van der Waals surface area contributed by atoms with E-state index in [-0.39, 0.29) is 12.4 Å². The third-order valence-electron chi connectivity index (χ3n) is 0.613. The minimum Gasteiger partial charge on any atom is -1.00 e. The Labute approximate surface area is 74.2 Å². The topological polar surface area (TPSA) is 43.1 Å². The summed E-state index contributed by atoms with van der Waals surface area (Å²) in [5.74, 6) is 0. The van der Waals surface area contributed by atoms with E-state index in [4.69, 9.17) is 0 Å². The van der Waals surface area contributed by atoms with E-state index in [0.717, 1.165) is 10.4 Å². The molecule has 0 aliphatic rings. The second-order valence-electron chi connectivity index (χ2n) is 1.14. The highest BCUT2D eigenvalue weighted by Crippen LogP contribution is 2.22. The molecule has 0 fully saturated rings. The lowest BCUT2D eigenvalue weighted by molar-refractivity contribution is -0.402. The third kappa shape index (κ3) is 6.25. The molecule has 6 heteroatoms. The second kappa shape index (κ2) is 7.24. The van der Waals surface area contributed by atoms with E-state index in [1.54, 1.807) is 0 Å². The summed E-state index contributed by atoms with van der Waals surface area (Å²) < 4.78 is 0.722. The first-order valence-electron chi connectivity index (χ1n) is 2.14. The average molecular weight is 201 g/mol. The van der Waals surface area contributed by atoms with E-state index >= 15 is 0 Å². The van der Waals surface area contributed by atoms with Crippen molar-refractivity contribution in [1.29, 1.82) is 0 Å². The standard InChI is InChI=1S/C4H7NO2S2.ClH/c1-8-4(9-2)3-5(6)7;/h3H,1-2H3;1H/p-1. The van der Waals surface area contributed by atoms with Crippen LogP contribution in [0.15, 0.2) is 10.4 Å². The van der Waals surface area contributed by atoms with Crippen molar-refractivity contribution in [2.24, 2.45) is 0 Å². The van der Waals surface area contributed by atoms with Gasteiger partial charge in [0.2, 0.25) is 0 Å². The Balaban J connectivity index is 0. The minimum absolute atomic E-state index is 0. The van der Waals surface area contributed by atoms with Crippen molar-refractivity contribution in [1.82, 2.24) is 0 Å². The molecule has 0 atom stereocenters. The van der Waals surface area contributed by atoms with Crippen molar-refractivity contribution >= 4 is 23.5 Å². The Morgan fingerprint density at radius 3 is 2.00 bits per heavy atom. The van der Waals surface area contributed by atoms with Crippen LogP contribution in [0.2, 0.25) is 0 Å². The lowest BCUT2D eigenvalue weighted by Gasteiger charge is -1.90. The van der Waals surface area contributed by atoms with Gasteiger partial charge < -0.3 is 12.4 Å². The molecular weight excluding hydrogens is 194 g/mol. The maximum atomic E-state index is 9.83. The number of nitro groups is 1. The first kappa shape index (κ1) is 12.8. The van der Waals surface area contributed by atoms with Gasteiger partial charge in [-0.3, -0.25) is 10.1 Å². The summed E-state index contributed by atoms with van der Waals surface area (Å²) in [6.45, 7) is 0. The Kier molecular flexibility index (Phi) is 9.25. The molecule has 0 aliphatic carbocycles. The number of hydrogen-bond donors (Lipinski definition) is 0. The van der Waals surface area contributed by atoms with E-state index in [1.807, 2.05) is 12.5 Å². The Hall–Kier alpha value is 0.130. The van der Waals surface area contributed by atoms with Gasteiger partial charge in [0.25, 0.3) is 6.20 Å². The van der Waals surface area contributed by atoms with Crippen LogP contribution in [-0.4, -0.2) is 17.4 Å². The van der Waals surface area contributed by atoms with E-state index < -0.39 is 4.92 Å². The van der Waals surface area contributed by atoms with Crippen LogP contribution in [-0.2, 0) is 0 Å². The molecule has 0 aromatic heterocycles. The zero-order chi connectivity index (χ0) is 7.28. The summed E-state index contributed by atoms with van der Waals surface area (Å²) >= 11 is 2.76. The molecule has 0 aliphatic heterocycles. The van der Waals surface area contributed by atoms with Crippen LogP contribution in [0.4, 0.5) is 0 Å². The molecule has 0 amide bonds. The number of rotatable bonds is 3. The van der Waals surface area contributed by atoms with E-state index in [2.05, 4.69) is 0 Å². The van der Waals surface area contributed by atoms with Crippen molar-refractivity contribution in [3.63, 3.8) is 0 Å². The summed E-state index contributed by atoms with van der Waals surface area (Å²) in [6.07, 6.45) is 4.63. The van der Waals surface area contributed by atoms with Crippen LogP contribution in [0, 0.1) is 10.1 Å². The zero-order valence-electron chi connectivity index (χ0n) is 5.54. The molecule has 0 heterocycles. The van der Waals surface area contributed by atoms with Crippen LogP contribution >= 0.6 is 23.5 Å². The van der Waals surface area contributed by atoms with E-state index in [0.29, 0.717) is 0 Å². The van der Waals surface area contributed by atoms with Crippen LogP contribution in [0.5, 0.6) is 0 Å². The quantitative estimate of drug-likeness (QED) is 0.424. The zero-order valence-corrected chi connectivity index (χ0v) is 7.92. The molecule has 0 unspecified atom stereocenters. The van der Waals surface area contributed by atoms with Gasteiger partial charge in [-0.25, -0.2) is 0 Å². The van der Waals surface area contributed by atoms with Gasteiger partial charge in [-0.1, -0.05) is 0 Å². The molecule has 0 spiro atoms. The van der Waals surface area contributed by atoms with Gasteiger partial charge in [0, 0.05) is 0 Å². The Morgan fingerprint density at radius 2 is 1.90 bits per heavy atom. The third-order valence-corrected chi connectivity index (χ3v) is 2.63. The average Bonchev–Trinajstić information content (AvgIpc) is 1.82. The molecule has 60 valence electrons. The van der Waals surface area contributed by atoms with Crippen molar-refractivity contribution in [3.05, 3.63) is 20.6 Å². The molecule has 10 heavy (non-hydrogen) atoms. The van der Waals surface area contributed by atoms with Crippen LogP contribution < -0.4 is 12.4 Å². The molecule has 0 N–H and O–H groups in total. The predicted molar refractivity (Wildman–Crippen MR) is 42.1 cm³/mol. The van der Waals surface area contributed by atoms with Crippen molar-refractivity contribution in [2.45, 2.75) is 0 Å².